The summed E-state index contributed by atoms with van der Waals surface area (Å²) in [6, 6.07) is 7.27. The zero-order chi connectivity index (χ0) is 22.1. The number of aromatic nitrogens is 5. The third-order valence-electron chi connectivity index (χ3n) is 4.78. The molecule has 1 amide bonds. The lowest BCUT2D eigenvalue weighted by atomic mass is 10.1. The molecule has 1 aliphatic rings. The van der Waals surface area contributed by atoms with E-state index in [0.717, 1.165) is 11.0 Å². The van der Waals surface area contributed by atoms with Gasteiger partial charge in [0.15, 0.2) is 12.2 Å². The maximum atomic E-state index is 14.8. The van der Waals surface area contributed by atoms with E-state index < -0.39 is 30.5 Å². The molecular formula is C19H17F3N6O3. The largest absolute Gasteiger partial charge is 0.441 e. The van der Waals surface area contributed by atoms with Gasteiger partial charge in [0.05, 0.1) is 18.8 Å². The lowest BCUT2D eigenvalue weighted by Gasteiger charge is -2.16. The number of anilines is 1. The van der Waals surface area contributed by atoms with Gasteiger partial charge in [-0.2, -0.15) is 4.80 Å². The van der Waals surface area contributed by atoms with Crippen LogP contribution in [0.15, 0.2) is 36.5 Å². The third kappa shape index (κ3) is 4.06. The van der Waals surface area contributed by atoms with Crippen LogP contribution in [0.3, 0.4) is 0 Å². The Kier molecular flexibility index (Phi) is 5.55. The van der Waals surface area contributed by atoms with Gasteiger partial charge in [-0.15, -0.1) is 10.2 Å². The monoisotopic (exact) mass is 434 g/mol. The van der Waals surface area contributed by atoms with Gasteiger partial charge in [0.2, 0.25) is 5.82 Å². The second-order valence-electron chi connectivity index (χ2n) is 6.76. The van der Waals surface area contributed by atoms with E-state index >= 15 is 0 Å². The van der Waals surface area contributed by atoms with Gasteiger partial charge in [0.1, 0.15) is 11.5 Å². The normalized spacial score (nSPS) is 17.3. The number of hydrogen-bond donors (Lipinski definition) is 1. The van der Waals surface area contributed by atoms with Crippen molar-refractivity contribution in [2.75, 3.05) is 11.4 Å². The minimum atomic E-state index is -3.06. The maximum absolute atomic E-state index is 14.8. The van der Waals surface area contributed by atoms with Gasteiger partial charge in [-0.25, -0.2) is 18.0 Å². The summed E-state index contributed by atoms with van der Waals surface area (Å²) < 4.78 is 44.9. The first-order valence-electron chi connectivity index (χ1n) is 9.36. The van der Waals surface area contributed by atoms with Gasteiger partial charge in [0, 0.05) is 17.3 Å². The summed E-state index contributed by atoms with van der Waals surface area (Å²) in [4.78, 5) is 18.6. The van der Waals surface area contributed by atoms with Crippen LogP contribution in [-0.2, 0) is 11.3 Å². The van der Waals surface area contributed by atoms with Crippen molar-refractivity contribution in [3.63, 3.8) is 0 Å². The molecular weight excluding hydrogens is 417 g/mol. The summed E-state index contributed by atoms with van der Waals surface area (Å²) in [6.07, 6.45) is -6.05. The van der Waals surface area contributed by atoms with Crippen LogP contribution >= 0.6 is 0 Å². The molecule has 2 unspecified atom stereocenters. The number of pyridine rings is 1. The molecule has 2 atom stereocenters. The van der Waals surface area contributed by atoms with Crippen molar-refractivity contribution in [1.82, 2.24) is 25.2 Å². The third-order valence-corrected chi connectivity index (χ3v) is 4.78. The standard InChI is InChI=1S/C19H17F3N6O3/c1-2-28-25-18(24-26-28)14-6-3-10(8-23-14)12-5-4-11(7-13(12)20)27-9-15(31-19(27)30)16(29)17(21)22/h3-8,15-17,29H,2,9H2,1H3. The highest BCUT2D eigenvalue weighted by atomic mass is 19.3. The zero-order valence-electron chi connectivity index (χ0n) is 16.2. The molecule has 9 nitrogen and oxygen atoms in total. The summed E-state index contributed by atoms with van der Waals surface area (Å²) in [6.45, 7) is 2.12. The Labute approximate surface area is 174 Å². The van der Waals surface area contributed by atoms with E-state index in [9.17, 15) is 23.1 Å². The number of aryl methyl sites for hydroxylation is 1. The smallest absolute Gasteiger partial charge is 0.414 e. The predicted octanol–water partition coefficient (Wildman–Crippen LogP) is 2.51. The number of nitrogens with zero attached hydrogens (tertiary/aromatic N) is 6. The number of carbonyl (C=O) groups excluding carboxylic acids is 1. The van der Waals surface area contributed by atoms with Crippen molar-refractivity contribution >= 4 is 11.8 Å². The number of hydrogen-bond acceptors (Lipinski definition) is 7. The van der Waals surface area contributed by atoms with E-state index in [0.29, 0.717) is 23.6 Å². The fourth-order valence-electron chi connectivity index (χ4n) is 3.11. The number of aliphatic hydroxyl groups excluding tert-OH is 1. The average molecular weight is 434 g/mol. The molecule has 1 aliphatic heterocycles. The number of amides is 1. The van der Waals surface area contributed by atoms with Gasteiger partial charge in [-0.1, -0.05) is 6.07 Å². The van der Waals surface area contributed by atoms with E-state index in [2.05, 4.69) is 20.4 Å². The van der Waals surface area contributed by atoms with Crippen molar-refractivity contribution in [3.8, 4) is 22.6 Å². The fraction of sp³-hybridized carbons (Fsp3) is 0.316. The molecule has 1 fully saturated rings. The van der Waals surface area contributed by atoms with Gasteiger partial charge in [-0.05, 0) is 36.4 Å². The predicted molar refractivity (Wildman–Crippen MR) is 102 cm³/mol. The first kappa shape index (κ1) is 20.7. The minimum Gasteiger partial charge on any atom is -0.441 e. The van der Waals surface area contributed by atoms with Gasteiger partial charge < -0.3 is 9.84 Å². The molecule has 0 aliphatic carbocycles. The number of tetrazole rings is 1. The van der Waals surface area contributed by atoms with Crippen molar-refractivity contribution in [3.05, 3.63) is 42.3 Å². The molecule has 162 valence electrons. The maximum Gasteiger partial charge on any atom is 0.414 e. The second kappa shape index (κ2) is 8.30. The van der Waals surface area contributed by atoms with E-state index in [1.165, 1.54) is 23.1 Å². The first-order valence-corrected chi connectivity index (χ1v) is 9.36. The minimum absolute atomic E-state index is 0.125. The number of halogens is 3. The Hall–Kier alpha value is -3.54. The molecule has 3 heterocycles. The number of aliphatic hydroxyl groups is 1. The van der Waals surface area contributed by atoms with E-state index in [1.807, 2.05) is 6.92 Å². The molecule has 0 radical (unpaired) electrons. The molecule has 0 saturated carbocycles. The topological polar surface area (TPSA) is 106 Å². The van der Waals surface area contributed by atoms with E-state index in [4.69, 9.17) is 4.74 Å². The highest BCUT2D eigenvalue weighted by Crippen LogP contribution is 2.30. The lowest BCUT2D eigenvalue weighted by Crippen LogP contribution is -2.36. The molecule has 1 N–H and O–H groups in total. The lowest BCUT2D eigenvalue weighted by molar-refractivity contribution is -0.0641. The number of benzene rings is 1. The van der Waals surface area contributed by atoms with Gasteiger partial charge in [-0.3, -0.25) is 9.88 Å². The number of rotatable bonds is 6. The number of ether oxygens (including phenoxy) is 1. The summed E-state index contributed by atoms with van der Waals surface area (Å²) in [5, 5.41) is 21.3. The molecule has 0 spiro atoms. The van der Waals surface area contributed by atoms with Crippen molar-refractivity contribution < 1.29 is 27.8 Å². The number of carbonyl (C=O) groups is 1. The molecule has 1 aromatic carbocycles. The Bertz CT molecular complexity index is 1090. The van der Waals surface area contributed by atoms with Crippen LogP contribution in [0, 0.1) is 5.82 Å². The number of cyclic esters (lactones) is 1. The van der Waals surface area contributed by atoms with Gasteiger partial charge in [0.25, 0.3) is 6.43 Å². The van der Waals surface area contributed by atoms with Crippen LogP contribution in [0.1, 0.15) is 6.92 Å². The summed E-state index contributed by atoms with van der Waals surface area (Å²) >= 11 is 0. The van der Waals surface area contributed by atoms with Crippen molar-refractivity contribution in [2.24, 2.45) is 0 Å². The van der Waals surface area contributed by atoms with Crippen LogP contribution in [0.5, 0.6) is 0 Å². The summed E-state index contributed by atoms with van der Waals surface area (Å²) in [5.41, 5.74) is 1.31. The molecule has 31 heavy (non-hydrogen) atoms. The highest BCUT2D eigenvalue weighted by Gasteiger charge is 2.40. The van der Waals surface area contributed by atoms with Crippen molar-refractivity contribution in [1.29, 1.82) is 0 Å². The summed E-state index contributed by atoms with van der Waals surface area (Å²) in [5.74, 6) is -0.301. The Morgan fingerprint density at radius 2 is 2.10 bits per heavy atom. The molecule has 4 rings (SSSR count). The van der Waals surface area contributed by atoms with Crippen molar-refractivity contribution in [2.45, 2.75) is 32.1 Å². The number of alkyl halides is 2. The van der Waals surface area contributed by atoms with Crippen LogP contribution < -0.4 is 4.90 Å². The van der Waals surface area contributed by atoms with Crippen LogP contribution in [0.25, 0.3) is 22.6 Å². The highest BCUT2D eigenvalue weighted by molar-refractivity contribution is 5.90. The van der Waals surface area contributed by atoms with Crippen LogP contribution in [0.4, 0.5) is 23.7 Å². The Morgan fingerprint density at radius 1 is 1.29 bits per heavy atom. The summed E-state index contributed by atoms with van der Waals surface area (Å²) in [7, 11) is 0. The average Bonchev–Trinajstić information content (AvgIpc) is 3.40. The molecule has 12 heteroatoms. The van der Waals surface area contributed by atoms with E-state index in [-0.39, 0.29) is 17.8 Å². The van der Waals surface area contributed by atoms with Gasteiger partial charge >= 0.3 is 6.09 Å². The molecule has 1 saturated heterocycles. The quantitative estimate of drug-likeness (QED) is 0.635. The molecule has 0 bridgehead atoms. The van der Waals surface area contributed by atoms with E-state index in [1.54, 1.807) is 12.1 Å². The van der Waals surface area contributed by atoms with Crippen LogP contribution in [-0.4, -0.2) is 61.6 Å². The van der Waals surface area contributed by atoms with Crippen LogP contribution in [0.2, 0.25) is 0 Å². The Balaban J connectivity index is 1.53. The Morgan fingerprint density at radius 3 is 2.71 bits per heavy atom. The fourth-order valence-corrected chi connectivity index (χ4v) is 3.11. The zero-order valence-corrected chi connectivity index (χ0v) is 16.2. The SMILES string of the molecule is CCn1nnc(-c2ccc(-c3ccc(N4CC(C(O)C(F)F)OC4=O)cc3F)cn2)n1. The molecule has 2 aromatic heterocycles. The second-order valence-corrected chi connectivity index (χ2v) is 6.76. The first-order chi connectivity index (χ1) is 14.9. The molecule has 3 aromatic rings.